The number of hydrogen-bond acceptors (Lipinski definition) is 8. The lowest BCUT2D eigenvalue weighted by atomic mass is 10.1. The van der Waals surface area contributed by atoms with Crippen molar-refractivity contribution < 1.29 is 0 Å². The first kappa shape index (κ1) is 20.8. The average molecular weight is 493 g/mol. The predicted octanol–water partition coefficient (Wildman–Crippen LogP) is 3.59. The van der Waals surface area contributed by atoms with E-state index in [4.69, 9.17) is 51.3 Å². The number of halogens is 3. The minimum absolute atomic E-state index is 0.0290. The van der Waals surface area contributed by atoms with E-state index in [2.05, 4.69) is 25.5 Å². The average Bonchev–Trinajstić information content (AvgIpc) is 3.49. The number of nitrogens with one attached hydrogen (secondary N) is 2. The summed E-state index contributed by atoms with van der Waals surface area (Å²) in [4.78, 5) is 26.4. The Balaban J connectivity index is 1.75. The molecule has 10 nitrogen and oxygen atoms in total. The van der Waals surface area contributed by atoms with Crippen molar-refractivity contribution in [2.45, 2.75) is 18.9 Å². The number of H-pyrrole nitrogens is 1. The fourth-order valence-corrected chi connectivity index (χ4v) is 4.12. The van der Waals surface area contributed by atoms with Crippen molar-refractivity contribution in [2.24, 2.45) is 5.92 Å². The zero-order valence-electron chi connectivity index (χ0n) is 16.3. The number of fused-ring (bicyclic) bond motifs is 1. The Labute approximate surface area is 195 Å². The lowest BCUT2D eigenvalue weighted by Crippen LogP contribution is -2.30. The largest absolute Gasteiger partial charge is 0.382 e. The number of benzene rings is 1. The topological polar surface area (TPSA) is 153 Å². The van der Waals surface area contributed by atoms with Crippen molar-refractivity contribution in [1.82, 2.24) is 29.7 Å². The van der Waals surface area contributed by atoms with E-state index in [1.54, 1.807) is 18.2 Å². The molecule has 6 N–H and O–H groups in total. The summed E-state index contributed by atoms with van der Waals surface area (Å²) in [7, 11) is 0. The molecule has 3 aromatic heterocycles. The fourth-order valence-electron chi connectivity index (χ4n) is 3.59. The monoisotopic (exact) mass is 491 g/mol. The van der Waals surface area contributed by atoms with Crippen LogP contribution in [0.15, 0.2) is 29.1 Å². The number of aromatic amines is 1. The van der Waals surface area contributed by atoms with Crippen LogP contribution in [0.5, 0.6) is 0 Å². The molecule has 1 saturated carbocycles. The molecule has 1 fully saturated rings. The highest BCUT2D eigenvalue weighted by atomic mass is 35.5. The summed E-state index contributed by atoms with van der Waals surface area (Å²) in [6, 6.07) is 6.18. The highest BCUT2D eigenvalue weighted by Gasteiger charge is 2.37. The van der Waals surface area contributed by atoms with Gasteiger partial charge in [-0.05, 0) is 30.9 Å². The van der Waals surface area contributed by atoms with Gasteiger partial charge in [0.05, 0.1) is 22.0 Å². The summed E-state index contributed by atoms with van der Waals surface area (Å²) < 4.78 is 1.38. The molecule has 1 aliphatic rings. The van der Waals surface area contributed by atoms with Gasteiger partial charge >= 0.3 is 0 Å². The smallest absolute Gasteiger partial charge is 0.268 e. The summed E-state index contributed by atoms with van der Waals surface area (Å²) in [5.41, 5.74) is 11.7. The minimum atomic E-state index is -0.451. The van der Waals surface area contributed by atoms with Gasteiger partial charge < -0.3 is 16.8 Å². The van der Waals surface area contributed by atoms with Crippen LogP contribution in [0.2, 0.25) is 15.2 Å². The van der Waals surface area contributed by atoms with Gasteiger partial charge in [-0.1, -0.05) is 40.9 Å². The van der Waals surface area contributed by atoms with Crippen molar-refractivity contribution >= 4 is 63.3 Å². The summed E-state index contributed by atoms with van der Waals surface area (Å²) in [5.74, 6) is 1.12. The Bertz CT molecular complexity index is 1410. The van der Waals surface area contributed by atoms with Crippen molar-refractivity contribution in [3.63, 3.8) is 0 Å². The van der Waals surface area contributed by atoms with Crippen LogP contribution >= 0.6 is 34.8 Å². The molecule has 1 atom stereocenters. The molecule has 0 radical (unpaired) electrons. The van der Waals surface area contributed by atoms with E-state index in [1.165, 1.54) is 10.6 Å². The van der Waals surface area contributed by atoms with Gasteiger partial charge in [0.25, 0.3) is 5.56 Å². The maximum atomic E-state index is 13.6. The van der Waals surface area contributed by atoms with E-state index >= 15 is 0 Å². The number of nitrogens with two attached hydrogens (primary N) is 2. The summed E-state index contributed by atoms with van der Waals surface area (Å²) >= 11 is 18.7. The van der Waals surface area contributed by atoms with Gasteiger partial charge in [0.2, 0.25) is 5.95 Å². The molecular formula is C19H16Cl3N9O. The third-order valence-corrected chi connectivity index (χ3v) is 6.07. The number of anilines is 3. The summed E-state index contributed by atoms with van der Waals surface area (Å²) in [6.45, 7) is 0. The second kappa shape index (κ2) is 7.80. The first-order chi connectivity index (χ1) is 15.3. The van der Waals surface area contributed by atoms with E-state index < -0.39 is 6.04 Å². The molecule has 0 aliphatic heterocycles. The molecule has 0 saturated heterocycles. The van der Waals surface area contributed by atoms with Crippen LogP contribution in [0.25, 0.3) is 16.7 Å². The van der Waals surface area contributed by atoms with Crippen LogP contribution in [0.4, 0.5) is 17.6 Å². The number of hydrogen-bond donors (Lipinski definition) is 4. The van der Waals surface area contributed by atoms with Crippen molar-refractivity contribution in [2.75, 3.05) is 16.8 Å². The van der Waals surface area contributed by atoms with Gasteiger partial charge in [-0.2, -0.15) is 15.1 Å². The lowest BCUT2D eigenvalue weighted by molar-refractivity contribution is 0.605. The molecular weight excluding hydrogens is 477 g/mol. The van der Waals surface area contributed by atoms with Crippen molar-refractivity contribution in [1.29, 1.82) is 0 Å². The molecule has 13 heteroatoms. The van der Waals surface area contributed by atoms with Gasteiger partial charge in [-0.15, -0.1) is 0 Å². The molecule has 0 bridgehead atoms. The number of rotatable bonds is 5. The van der Waals surface area contributed by atoms with Crippen molar-refractivity contribution in [3.8, 4) is 5.82 Å². The van der Waals surface area contributed by atoms with Crippen LogP contribution < -0.4 is 22.3 Å². The molecule has 0 spiro atoms. The third kappa shape index (κ3) is 3.60. The number of nitrogen functional groups attached to an aromatic ring is 2. The highest BCUT2D eigenvalue weighted by Crippen LogP contribution is 2.44. The summed E-state index contributed by atoms with van der Waals surface area (Å²) in [6.07, 6.45) is 1.83. The Morgan fingerprint density at radius 2 is 1.94 bits per heavy atom. The summed E-state index contributed by atoms with van der Waals surface area (Å²) in [5, 5.41) is 11.0. The van der Waals surface area contributed by atoms with Gasteiger partial charge in [-0.25, -0.2) is 9.55 Å². The highest BCUT2D eigenvalue weighted by molar-refractivity contribution is 6.35. The minimum Gasteiger partial charge on any atom is -0.382 e. The van der Waals surface area contributed by atoms with Crippen molar-refractivity contribution in [3.05, 3.63) is 55.6 Å². The molecule has 5 rings (SSSR count). The second-order valence-electron chi connectivity index (χ2n) is 7.41. The first-order valence-corrected chi connectivity index (χ1v) is 10.7. The van der Waals surface area contributed by atoms with Crippen LogP contribution in [-0.4, -0.2) is 29.7 Å². The van der Waals surface area contributed by atoms with Gasteiger partial charge in [0.1, 0.15) is 21.8 Å². The SMILES string of the molecule is Nc1nc(N)c(Cl)c(NC(c2nc3cccc(Cl)c3c(=O)n2-c2cc(Cl)[nH]n2)C2CC2)n1. The fraction of sp³-hybridized carbons (Fsp3) is 0.211. The van der Waals surface area contributed by atoms with Crippen LogP contribution in [0.1, 0.15) is 24.7 Å². The molecule has 4 aromatic rings. The number of nitrogens with zero attached hydrogens (tertiary/aromatic N) is 5. The molecule has 1 unspecified atom stereocenters. The standard InChI is InChI=1S/C19H16Cl3N9O/c20-8-2-1-3-9-12(8)18(32)31(11-6-10(21)29-30-11)17(25-9)14(7-4-5-7)26-16-13(22)15(23)27-19(24)28-16/h1-3,6-7,14H,4-5H2,(H,29,30)(H5,23,24,26,27,28). The quantitative estimate of drug-likeness (QED) is 0.329. The van der Waals surface area contributed by atoms with Crippen LogP contribution in [0, 0.1) is 5.92 Å². The van der Waals surface area contributed by atoms with Gasteiger partial charge in [0.15, 0.2) is 11.6 Å². The number of aromatic nitrogens is 6. The Morgan fingerprint density at radius 3 is 2.62 bits per heavy atom. The van der Waals surface area contributed by atoms with Crippen LogP contribution in [-0.2, 0) is 0 Å². The molecule has 0 amide bonds. The zero-order chi connectivity index (χ0) is 22.6. The van der Waals surface area contributed by atoms with E-state index in [0.717, 1.165) is 12.8 Å². The molecule has 3 heterocycles. The van der Waals surface area contributed by atoms with E-state index in [0.29, 0.717) is 11.3 Å². The second-order valence-corrected chi connectivity index (χ2v) is 8.60. The normalized spacial score (nSPS) is 14.6. The first-order valence-electron chi connectivity index (χ1n) is 9.61. The predicted molar refractivity (Wildman–Crippen MR) is 124 cm³/mol. The third-order valence-electron chi connectivity index (χ3n) is 5.19. The zero-order valence-corrected chi connectivity index (χ0v) is 18.6. The van der Waals surface area contributed by atoms with E-state index in [-0.39, 0.29) is 55.5 Å². The van der Waals surface area contributed by atoms with E-state index in [1.807, 2.05) is 0 Å². The van der Waals surface area contributed by atoms with Crippen LogP contribution in [0.3, 0.4) is 0 Å². The Morgan fingerprint density at radius 1 is 1.16 bits per heavy atom. The Hall–Kier alpha value is -3.08. The molecule has 164 valence electrons. The molecule has 32 heavy (non-hydrogen) atoms. The lowest BCUT2D eigenvalue weighted by Gasteiger charge is -2.23. The van der Waals surface area contributed by atoms with Gasteiger partial charge in [-0.3, -0.25) is 9.89 Å². The molecule has 1 aliphatic carbocycles. The maximum Gasteiger partial charge on any atom is 0.268 e. The molecule has 1 aromatic carbocycles. The Kier molecular flexibility index (Phi) is 5.07. The van der Waals surface area contributed by atoms with E-state index in [9.17, 15) is 4.79 Å². The van der Waals surface area contributed by atoms with Gasteiger partial charge in [0, 0.05) is 6.07 Å². The maximum absolute atomic E-state index is 13.6.